The second-order valence-electron chi connectivity index (χ2n) is 5.96. The van der Waals surface area contributed by atoms with E-state index in [0.29, 0.717) is 17.4 Å². The lowest BCUT2D eigenvalue weighted by atomic mass is 10.1. The molecule has 1 aromatic carbocycles. The van der Waals surface area contributed by atoms with Crippen LogP contribution in [0.3, 0.4) is 0 Å². The van der Waals surface area contributed by atoms with Gasteiger partial charge in [0.25, 0.3) is 0 Å². The van der Waals surface area contributed by atoms with Crippen LogP contribution in [0.1, 0.15) is 32.0 Å². The van der Waals surface area contributed by atoms with Gasteiger partial charge in [0.1, 0.15) is 5.75 Å². The third-order valence-electron chi connectivity index (χ3n) is 2.81. The van der Waals surface area contributed by atoms with E-state index in [1.54, 1.807) is 18.5 Å². The van der Waals surface area contributed by atoms with E-state index in [2.05, 4.69) is 36.1 Å². The number of aryl methyl sites for hydroxylation is 1. The minimum absolute atomic E-state index is 0.0330. The number of aromatic nitrogens is 2. The van der Waals surface area contributed by atoms with E-state index in [9.17, 15) is 0 Å². The van der Waals surface area contributed by atoms with Crippen LogP contribution in [-0.4, -0.2) is 15.5 Å². The molecule has 1 aromatic heterocycles. The third kappa shape index (κ3) is 4.99. The molecule has 5 heteroatoms. The first-order valence-corrected chi connectivity index (χ1v) is 7.21. The van der Waals surface area contributed by atoms with Gasteiger partial charge < -0.3 is 10.1 Å². The number of hydrogen-bond acceptors (Lipinski definition) is 4. The standard InChI is InChI=1S/C16H20ClN3O/c1-11-7-12(17)5-6-14(11)21-15-10-18-8-13(20-15)9-19-16(2,3)4/h5-8,10,19H,9H2,1-4H3. The van der Waals surface area contributed by atoms with Crippen LogP contribution in [0.15, 0.2) is 30.6 Å². The van der Waals surface area contributed by atoms with Crippen LogP contribution < -0.4 is 10.1 Å². The fourth-order valence-corrected chi connectivity index (χ4v) is 1.94. The Morgan fingerprint density at radius 3 is 2.67 bits per heavy atom. The Balaban J connectivity index is 2.10. The van der Waals surface area contributed by atoms with E-state index in [1.807, 2.05) is 19.1 Å². The lowest BCUT2D eigenvalue weighted by molar-refractivity contribution is 0.414. The lowest BCUT2D eigenvalue weighted by Gasteiger charge is -2.20. The number of benzene rings is 1. The molecule has 0 aliphatic carbocycles. The highest BCUT2D eigenvalue weighted by atomic mass is 35.5. The second kappa shape index (κ2) is 6.41. The lowest BCUT2D eigenvalue weighted by Crippen LogP contribution is -2.35. The summed E-state index contributed by atoms with van der Waals surface area (Å²) in [6.07, 6.45) is 3.34. The van der Waals surface area contributed by atoms with Crippen LogP contribution in [0.4, 0.5) is 0 Å². The summed E-state index contributed by atoms with van der Waals surface area (Å²) >= 11 is 5.94. The highest BCUT2D eigenvalue weighted by Gasteiger charge is 2.10. The number of ether oxygens (including phenoxy) is 1. The molecule has 2 aromatic rings. The van der Waals surface area contributed by atoms with Gasteiger partial charge in [-0.05, 0) is 51.5 Å². The summed E-state index contributed by atoms with van der Waals surface area (Å²) in [6, 6.07) is 5.48. The first-order chi connectivity index (χ1) is 9.83. The fourth-order valence-electron chi connectivity index (χ4n) is 1.72. The number of nitrogens with one attached hydrogen (secondary N) is 1. The Kier molecular flexibility index (Phi) is 4.80. The molecule has 0 atom stereocenters. The van der Waals surface area contributed by atoms with Crippen molar-refractivity contribution in [1.82, 2.24) is 15.3 Å². The van der Waals surface area contributed by atoms with Gasteiger partial charge in [-0.2, -0.15) is 0 Å². The van der Waals surface area contributed by atoms with Gasteiger partial charge in [0.05, 0.1) is 11.9 Å². The van der Waals surface area contributed by atoms with Crippen molar-refractivity contribution in [3.63, 3.8) is 0 Å². The Hall–Kier alpha value is -1.65. The predicted molar refractivity (Wildman–Crippen MR) is 84.9 cm³/mol. The SMILES string of the molecule is Cc1cc(Cl)ccc1Oc1cncc(CNC(C)(C)C)n1. The molecule has 0 spiro atoms. The van der Waals surface area contributed by atoms with Crippen LogP contribution in [0.5, 0.6) is 11.6 Å². The molecule has 0 bridgehead atoms. The van der Waals surface area contributed by atoms with Gasteiger partial charge in [-0.3, -0.25) is 4.98 Å². The van der Waals surface area contributed by atoms with Gasteiger partial charge in [0.2, 0.25) is 5.88 Å². The zero-order valence-electron chi connectivity index (χ0n) is 12.8. The van der Waals surface area contributed by atoms with E-state index in [4.69, 9.17) is 16.3 Å². The van der Waals surface area contributed by atoms with E-state index < -0.39 is 0 Å². The van der Waals surface area contributed by atoms with Crippen LogP contribution in [0.25, 0.3) is 0 Å². The minimum atomic E-state index is 0.0330. The van der Waals surface area contributed by atoms with Crippen molar-refractivity contribution in [3.05, 3.63) is 46.9 Å². The molecular formula is C16H20ClN3O. The molecule has 0 aliphatic rings. The number of hydrogen-bond donors (Lipinski definition) is 1. The van der Waals surface area contributed by atoms with Gasteiger partial charge in [0.15, 0.2) is 0 Å². The van der Waals surface area contributed by atoms with Crippen molar-refractivity contribution in [2.45, 2.75) is 39.8 Å². The molecule has 112 valence electrons. The molecule has 0 saturated carbocycles. The summed E-state index contributed by atoms with van der Waals surface area (Å²) in [6.45, 7) is 8.92. The van der Waals surface area contributed by atoms with Crippen molar-refractivity contribution >= 4 is 11.6 Å². The van der Waals surface area contributed by atoms with Crippen molar-refractivity contribution < 1.29 is 4.74 Å². The smallest absolute Gasteiger partial charge is 0.238 e. The summed E-state index contributed by atoms with van der Waals surface area (Å²) in [5.41, 5.74) is 1.84. The third-order valence-corrected chi connectivity index (χ3v) is 3.05. The average Bonchev–Trinajstić information content (AvgIpc) is 2.39. The minimum Gasteiger partial charge on any atom is -0.437 e. The zero-order valence-corrected chi connectivity index (χ0v) is 13.5. The number of rotatable bonds is 4. The number of halogens is 1. The van der Waals surface area contributed by atoms with Gasteiger partial charge in [-0.1, -0.05) is 11.6 Å². The summed E-state index contributed by atoms with van der Waals surface area (Å²) in [5, 5.41) is 4.06. The van der Waals surface area contributed by atoms with E-state index in [0.717, 1.165) is 17.0 Å². The average molecular weight is 306 g/mol. The molecule has 0 radical (unpaired) electrons. The molecular weight excluding hydrogens is 286 g/mol. The molecule has 0 fully saturated rings. The quantitative estimate of drug-likeness (QED) is 0.923. The molecule has 0 amide bonds. The summed E-state index contributed by atoms with van der Waals surface area (Å²) in [4.78, 5) is 8.63. The van der Waals surface area contributed by atoms with Crippen molar-refractivity contribution in [3.8, 4) is 11.6 Å². The largest absolute Gasteiger partial charge is 0.437 e. The molecule has 21 heavy (non-hydrogen) atoms. The maximum absolute atomic E-state index is 5.94. The monoisotopic (exact) mass is 305 g/mol. The molecule has 2 rings (SSSR count). The zero-order chi connectivity index (χ0) is 15.5. The van der Waals surface area contributed by atoms with Crippen molar-refractivity contribution in [1.29, 1.82) is 0 Å². The second-order valence-corrected chi connectivity index (χ2v) is 6.40. The maximum Gasteiger partial charge on any atom is 0.238 e. The molecule has 0 unspecified atom stereocenters. The van der Waals surface area contributed by atoms with Gasteiger partial charge in [-0.25, -0.2) is 4.98 Å². The van der Waals surface area contributed by atoms with Crippen LogP contribution in [0.2, 0.25) is 5.02 Å². The van der Waals surface area contributed by atoms with E-state index in [1.165, 1.54) is 0 Å². The summed E-state index contributed by atoms with van der Waals surface area (Å²) in [5.74, 6) is 1.21. The van der Waals surface area contributed by atoms with Gasteiger partial charge in [0, 0.05) is 23.3 Å². The Morgan fingerprint density at radius 1 is 1.24 bits per heavy atom. The molecule has 1 N–H and O–H groups in total. The molecule has 0 aliphatic heterocycles. The van der Waals surface area contributed by atoms with Crippen LogP contribution in [-0.2, 0) is 6.54 Å². The normalized spacial score (nSPS) is 11.5. The predicted octanol–water partition coefficient (Wildman–Crippen LogP) is 4.12. The van der Waals surface area contributed by atoms with Crippen molar-refractivity contribution in [2.75, 3.05) is 0 Å². The topological polar surface area (TPSA) is 47.0 Å². The highest BCUT2D eigenvalue weighted by molar-refractivity contribution is 6.30. The Labute approximate surface area is 130 Å². The van der Waals surface area contributed by atoms with E-state index >= 15 is 0 Å². The van der Waals surface area contributed by atoms with Gasteiger partial charge in [-0.15, -0.1) is 0 Å². The van der Waals surface area contributed by atoms with Crippen LogP contribution >= 0.6 is 11.6 Å². The molecule has 1 heterocycles. The number of nitrogens with zero attached hydrogens (tertiary/aromatic N) is 2. The summed E-state index contributed by atoms with van der Waals surface area (Å²) in [7, 11) is 0. The van der Waals surface area contributed by atoms with E-state index in [-0.39, 0.29) is 5.54 Å². The van der Waals surface area contributed by atoms with Crippen LogP contribution in [0, 0.1) is 6.92 Å². The Bertz CT molecular complexity index is 623. The molecule has 0 saturated heterocycles. The van der Waals surface area contributed by atoms with Gasteiger partial charge >= 0.3 is 0 Å². The molecule has 4 nitrogen and oxygen atoms in total. The first-order valence-electron chi connectivity index (χ1n) is 6.83. The summed E-state index contributed by atoms with van der Waals surface area (Å²) < 4.78 is 5.78. The Morgan fingerprint density at radius 2 is 2.00 bits per heavy atom. The highest BCUT2D eigenvalue weighted by Crippen LogP contribution is 2.25. The fraction of sp³-hybridized carbons (Fsp3) is 0.375. The maximum atomic E-state index is 5.94. The van der Waals surface area contributed by atoms with Crippen molar-refractivity contribution in [2.24, 2.45) is 0 Å². The first kappa shape index (κ1) is 15.7.